The van der Waals surface area contributed by atoms with E-state index in [1.165, 1.54) is 0 Å². The van der Waals surface area contributed by atoms with E-state index < -0.39 is 0 Å². The van der Waals surface area contributed by atoms with E-state index in [-0.39, 0.29) is 18.1 Å². The van der Waals surface area contributed by atoms with Crippen molar-refractivity contribution in [2.75, 3.05) is 13.2 Å². The Morgan fingerprint density at radius 3 is 2.61 bits per heavy atom. The molecule has 1 unspecified atom stereocenters. The van der Waals surface area contributed by atoms with E-state index in [2.05, 4.69) is 20.8 Å². The predicted molar refractivity (Wildman–Crippen MR) is 84.7 cm³/mol. The maximum absolute atomic E-state index is 12.3. The van der Waals surface area contributed by atoms with Crippen LogP contribution in [0.3, 0.4) is 0 Å². The van der Waals surface area contributed by atoms with E-state index in [9.17, 15) is 4.79 Å². The van der Waals surface area contributed by atoms with Gasteiger partial charge in [0.2, 0.25) is 0 Å². The summed E-state index contributed by atoms with van der Waals surface area (Å²) in [5.74, 6) is 0. The molecule has 0 spiro atoms. The van der Waals surface area contributed by atoms with Gasteiger partial charge in [-0.25, -0.2) is 4.79 Å². The fourth-order valence-electron chi connectivity index (χ4n) is 2.65. The van der Waals surface area contributed by atoms with Crippen LogP contribution in [-0.2, 0) is 11.3 Å². The molecule has 3 rings (SSSR count). The second-order valence-corrected chi connectivity index (χ2v) is 5.55. The van der Waals surface area contributed by atoms with Gasteiger partial charge < -0.3 is 15.4 Å². The highest BCUT2D eigenvalue weighted by atomic mass is 16.5. The van der Waals surface area contributed by atoms with Crippen LogP contribution < -0.4 is 10.6 Å². The molecule has 7 heteroatoms. The van der Waals surface area contributed by atoms with Gasteiger partial charge in [-0.1, -0.05) is 30.3 Å². The number of rotatable bonds is 5. The molecule has 2 N–H and O–H groups in total. The topological polar surface area (TPSA) is 81.1 Å². The third-order valence-corrected chi connectivity index (χ3v) is 3.88. The molecule has 0 radical (unpaired) electrons. The normalized spacial score (nSPS) is 16.7. The number of nitrogens with one attached hydrogen (secondary N) is 2. The van der Waals surface area contributed by atoms with E-state index in [4.69, 9.17) is 4.74 Å². The number of aromatic nitrogens is 3. The number of urea groups is 1. The largest absolute Gasteiger partial charge is 0.381 e. The molecule has 1 saturated heterocycles. The molecule has 0 bridgehead atoms. The average Bonchev–Trinajstić information content (AvgIpc) is 3.09. The van der Waals surface area contributed by atoms with Gasteiger partial charge in [-0.3, -0.25) is 0 Å². The summed E-state index contributed by atoms with van der Waals surface area (Å²) in [6.45, 7) is 1.88. The first kappa shape index (κ1) is 15.5. The number of carbonyl (C=O) groups excluding carboxylic acids is 1. The molecule has 1 aliphatic rings. The molecule has 2 amide bonds. The van der Waals surface area contributed by atoms with Gasteiger partial charge in [-0.2, -0.15) is 15.0 Å². The van der Waals surface area contributed by atoms with Crippen molar-refractivity contribution < 1.29 is 9.53 Å². The fraction of sp³-hybridized carbons (Fsp3) is 0.438. The summed E-state index contributed by atoms with van der Waals surface area (Å²) < 4.78 is 5.31. The van der Waals surface area contributed by atoms with Crippen LogP contribution in [0, 0.1) is 0 Å². The summed E-state index contributed by atoms with van der Waals surface area (Å²) in [6.07, 6.45) is 4.96. The van der Waals surface area contributed by atoms with Gasteiger partial charge in [0.05, 0.1) is 25.0 Å². The highest BCUT2D eigenvalue weighted by molar-refractivity contribution is 5.74. The molecule has 0 aliphatic carbocycles. The van der Waals surface area contributed by atoms with Gasteiger partial charge in [0.25, 0.3) is 0 Å². The molecule has 1 atom stereocenters. The van der Waals surface area contributed by atoms with Crippen molar-refractivity contribution in [3.05, 3.63) is 48.3 Å². The highest BCUT2D eigenvalue weighted by Crippen LogP contribution is 2.14. The second-order valence-electron chi connectivity index (χ2n) is 5.55. The number of amides is 2. The third kappa shape index (κ3) is 4.53. The van der Waals surface area contributed by atoms with Gasteiger partial charge in [0.15, 0.2) is 0 Å². The summed E-state index contributed by atoms with van der Waals surface area (Å²) in [6, 6.07) is 9.65. The molecule has 1 aromatic carbocycles. The first-order chi connectivity index (χ1) is 11.3. The van der Waals surface area contributed by atoms with Crippen molar-refractivity contribution >= 4 is 6.03 Å². The Bertz CT molecular complexity index is 596. The quantitative estimate of drug-likeness (QED) is 0.876. The van der Waals surface area contributed by atoms with Gasteiger partial charge in [-0.05, 0) is 18.4 Å². The van der Waals surface area contributed by atoms with E-state index in [0.717, 1.165) is 18.4 Å². The lowest BCUT2D eigenvalue weighted by molar-refractivity contribution is 0.0799. The number of benzene rings is 1. The summed E-state index contributed by atoms with van der Waals surface area (Å²) in [7, 11) is 0. The van der Waals surface area contributed by atoms with Gasteiger partial charge in [-0.15, -0.1) is 0 Å². The zero-order valence-corrected chi connectivity index (χ0v) is 12.9. The zero-order chi connectivity index (χ0) is 15.9. The standard InChI is InChI=1S/C16H21N5O2/c22-16(19-14-6-10-23-11-7-14)20-15(12-21-17-8-9-18-21)13-4-2-1-3-5-13/h1-5,8-9,14-15H,6-7,10-12H2,(H2,19,20,22). The SMILES string of the molecule is O=C(NC1CCOCC1)NC(Cn1nccn1)c1ccccc1. The van der Waals surface area contributed by atoms with Gasteiger partial charge in [0.1, 0.15) is 0 Å². The molecule has 2 heterocycles. The molecule has 23 heavy (non-hydrogen) atoms. The molecule has 2 aromatic rings. The highest BCUT2D eigenvalue weighted by Gasteiger charge is 2.20. The minimum Gasteiger partial charge on any atom is -0.381 e. The third-order valence-electron chi connectivity index (χ3n) is 3.88. The first-order valence-electron chi connectivity index (χ1n) is 7.85. The molecular weight excluding hydrogens is 294 g/mol. The van der Waals surface area contributed by atoms with Gasteiger partial charge in [0, 0.05) is 19.3 Å². The Morgan fingerprint density at radius 1 is 1.22 bits per heavy atom. The smallest absolute Gasteiger partial charge is 0.315 e. The Labute approximate surface area is 135 Å². The van der Waals surface area contributed by atoms with Crippen LogP contribution in [0.5, 0.6) is 0 Å². The summed E-state index contributed by atoms with van der Waals surface area (Å²) in [4.78, 5) is 13.9. The van der Waals surface area contributed by atoms with Crippen LogP contribution in [0.2, 0.25) is 0 Å². The maximum atomic E-state index is 12.3. The molecule has 122 valence electrons. The number of hydrogen-bond donors (Lipinski definition) is 2. The van der Waals surface area contributed by atoms with Gasteiger partial charge >= 0.3 is 6.03 Å². The van der Waals surface area contributed by atoms with Crippen LogP contribution in [-0.4, -0.2) is 40.3 Å². The minimum absolute atomic E-state index is 0.169. The summed E-state index contributed by atoms with van der Waals surface area (Å²) in [5.41, 5.74) is 1.02. The lowest BCUT2D eigenvalue weighted by atomic mass is 10.1. The fourth-order valence-corrected chi connectivity index (χ4v) is 2.65. The molecule has 7 nitrogen and oxygen atoms in total. The van der Waals surface area contributed by atoms with Crippen molar-refractivity contribution in [2.24, 2.45) is 0 Å². The van der Waals surface area contributed by atoms with Crippen LogP contribution in [0.25, 0.3) is 0 Å². The molecule has 1 fully saturated rings. The summed E-state index contributed by atoms with van der Waals surface area (Å²) >= 11 is 0. The second kappa shape index (κ2) is 7.73. The van der Waals surface area contributed by atoms with Crippen LogP contribution >= 0.6 is 0 Å². The average molecular weight is 315 g/mol. The van der Waals surface area contributed by atoms with Crippen LogP contribution in [0.15, 0.2) is 42.7 Å². The van der Waals surface area contributed by atoms with E-state index in [1.807, 2.05) is 30.3 Å². The number of nitrogens with zero attached hydrogens (tertiary/aromatic N) is 3. The van der Waals surface area contributed by atoms with E-state index in [0.29, 0.717) is 19.8 Å². The van der Waals surface area contributed by atoms with Crippen molar-refractivity contribution in [1.29, 1.82) is 0 Å². The number of hydrogen-bond acceptors (Lipinski definition) is 4. The molecule has 0 saturated carbocycles. The number of ether oxygens (including phenoxy) is 1. The van der Waals surface area contributed by atoms with Crippen molar-refractivity contribution in [3.63, 3.8) is 0 Å². The Kier molecular flexibility index (Phi) is 5.21. The van der Waals surface area contributed by atoms with Crippen molar-refractivity contribution in [2.45, 2.75) is 31.5 Å². The van der Waals surface area contributed by atoms with Crippen LogP contribution in [0.1, 0.15) is 24.4 Å². The lowest BCUT2D eigenvalue weighted by Crippen LogP contribution is -2.46. The maximum Gasteiger partial charge on any atom is 0.315 e. The predicted octanol–water partition coefficient (Wildman–Crippen LogP) is 1.50. The van der Waals surface area contributed by atoms with Crippen LogP contribution in [0.4, 0.5) is 4.79 Å². The molecular formula is C16H21N5O2. The van der Waals surface area contributed by atoms with Crippen molar-refractivity contribution in [1.82, 2.24) is 25.6 Å². The Morgan fingerprint density at radius 2 is 1.91 bits per heavy atom. The minimum atomic E-state index is -0.191. The van der Waals surface area contributed by atoms with E-state index in [1.54, 1.807) is 17.2 Å². The summed E-state index contributed by atoms with van der Waals surface area (Å²) in [5, 5.41) is 14.3. The van der Waals surface area contributed by atoms with E-state index >= 15 is 0 Å². The molecule has 1 aliphatic heterocycles. The molecule has 1 aromatic heterocycles. The van der Waals surface area contributed by atoms with Crippen molar-refractivity contribution in [3.8, 4) is 0 Å². The Hall–Kier alpha value is -2.41. The number of carbonyl (C=O) groups is 1. The zero-order valence-electron chi connectivity index (χ0n) is 12.9. The monoisotopic (exact) mass is 315 g/mol. The lowest BCUT2D eigenvalue weighted by Gasteiger charge is -2.25. The first-order valence-corrected chi connectivity index (χ1v) is 7.85. The Balaban J connectivity index is 1.64.